The summed E-state index contributed by atoms with van der Waals surface area (Å²) in [7, 11) is 1.70. The summed E-state index contributed by atoms with van der Waals surface area (Å²) in [5.41, 5.74) is 1.99. The van der Waals surface area contributed by atoms with E-state index in [2.05, 4.69) is 6.07 Å². The van der Waals surface area contributed by atoms with Crippen molar-refractivity contribution in [2.75, 3.05) is 7.05 Å². The molecule has 5 heteroatoms. The molecule has 0 unspecified atom stereocenters. The lowest BCUT2D eigenvalue weighted by atomic mass is 10.0. The van der Waals surface area contributed by atoms with Crippen LogP contribution in [0.2, 0.25) is 0 Å². The minimum atomic E-state index is -0.0769. The van der Waals surface area contributed by atoms with E-state index in [-0.39, 0.29) is 5.91 Å². The number of hydrogen-bond acceptors (Lipinski definition) is 4. The van der Waals surface area contributed by atoms with Crippen molar-refractivity contribution in [2.24, 2.45) is 0 Å². The maximum absolute atomic E-state index is 12.5. The maximum Gasteiger partial charge on any atom is 0.265 e. The van der Waals surface area contributed by atoms with E-state index >= 15 is 0 Å². The zero-order valence-corrected chi connectivity index (χ0v) is 16.3. The van der Waals surface area contributed by atoms with Crippen LogP contribution in [0.25, 0.3) is 16.8 Å². The summed E-state index contributed by atoms with van der Waals surface area (Å²) in [4.78, 5) is 14.6. The predicted molar refractivity (Wildman–Crippen MR) is 116 cm³/mol. The number of carbonyl (C=O) groups excluding carboxylic acids is 1. The molecule has 0 aromatic heterocycles. The fraction of sp³-hybridized carbons (Fsp3) is 0.0909. The van der Waals surface area contributed by atoms with E-state index < -0.39 is 0 Å². The quantitative estimate of drug-likeness (QED) is 0.449. The number of thiocarbonyl (C=S) groups is 1. The van der Waals surface area contributed by atoms with E-state index in [1.807, 2.05) is 66.7 Å². The molecule has 0 radical (unpaired) electrons. The fourth-order valence-electron chi connectivity index (χ4n) is 2.96. The van der Waals surface area contributed by atoms with Crippen LogP contribution >= 0.6 is 24.0 Å². The van der Waals surface area contributed by atoms with Gasteiger partial charge < -0.3 is 4.74 Å². The fourth-order valence-corrected chi connectivity index (χ4v) is 4.12. The Morgan fingerprint density at radius 2 is 1.78 bits per heavy atom. The van der Waals surface area contributed by atoms with Gasteiger partial charge in [-0.15, -0.1) is 0 Å². The van der Waals surface area contributed by atoms with Gasteiger partial charge in [-0.3, -0.25) is 9.69 Å². The van der Waals surface area contributed by atoms with Gasteiger partial charge in [0.25, 0.3) is 5.91 Å². The van der Waals surface area contributed by atoms with E-state index in [1.165, 1.54) is 16.7 Å². The van der Waals surface area contributed by atoms with Gasteiger partial charge in [-0.1, -0.05) is 84.6 Å². The Kier molecular flexibility index (Phi) is 4.97. The molecule has 0 aliphatic carbocycles. The van der Waals surface area contributed by atoms with Gasteiger partial charge in [-0.05, 0) is 28.5 Å². The molecule has 0 N–H and O–H groups in total. The van der Waals surface area contributed by atoms with Crippen molar-refractivity contribution in [3.63, 3.8) is 0 Å². The average Bonchev–Trinajstić information content (AvgIpc) is 2.95. The molecule has 1 saturated heterocycles. The summed E-state index contributed by atoms with van der Waals surface area (Å²) >= 11 is 6.57. The standard InChI is InChI=1S/C22H17NO2S2/c1-23-21(24)20(27-22(23)26)13-18-17-10-6-5-9-16(17)11-12-19(18)25-14-15-7-3-2-4-8-15/h2-13H,14H2,1H3/b20-13-. The summed E-state index contributed by atoms with van der Waals surface area (Å²) < 4.78 is 6.69. The number of carbonyl (C=O) groups is 1. The Morgan fingerprint density at radius 1 is 1.04 bits per heavy atom. The molecule has 134 valence electrons. The zero-order valence-electron chi connectivity index (χ0n) is 14.7. The van der Waals surface area contributed by atoms with Crippen molar-refractivity contribution in [3.05, 3.63) is 82.8 Å². The molecule has 1 fully saturated rings. The summed E-state index contributed by atoms with van der Waals surface area (Å²) in [6.07, 6.45) is 1.89. The van der Waals surface area contributed by atoms with Crippen LogP contribution in [0.3, 0.4) is 0 Å². The molecule has 0 saturated carbocycles. The number of amides is 1. The number of nitrogens with zero attached hydrogens (tertiary/aromatic N) is 1. The van der Waals surface area contributed by atoms with E-state index in [1.54, 1.807) is 7.05 Å². The normalized spacial score (nSPS) is 15.7. The molecular formula is C22H17NO2S2. The Labute approximate surface area is 167 Å². The van der Waals surface area contributed by atoms with Gasteiger partial charge in [0.2, 0.25) is 0 Å². The molecule has 1 heterocycles. The lowest BCUT2D eigenvalue weighted by Gasteiger charge is -2.13. The number of likely N-dealkylation sites (N-methyl/N-ethyl adjacent to an activating group) is 1. The number of thioether (sulfide) groups is 1. The lowest BCUT2D eigenvalue weighted by molar-refractivity contribution is -0.121. The third kappa shape index (κ3) is 3.61. The van der Waals surface area contributed by atoms with E-state index in [4.69, 9.17) is 17.0 Å². The summed E-state index contributed by atoms with van der Waals surface area (Å²) in [6.45, 7) is 0.467. The molecule has 3 nitrogen and oxygen atoms in total. The molecule has 4 rings (SSSR count). The smallest absolute Gasteiger partial charge is 0.265 e. The molecule has 1 aliphatic rings. The highest BCUT2D eigenvalue weighted by Crippen LogP contribution is 2.36. The van der Waals surface area contributed by atoms with Crippen molar-refractivity contribution in [3.8, 4) is 5.75 Å². The van der Waals surface area contributed by atoms with Gasteiger partial charge in [-0.25, -0.2) is 0 Å². The monoisotopic (exact) mass is 391 g/mol. The lowest BCUT2D eigenvalue weighted by Crippen LogP contribution is -2.22. The van der Waals surface area contributed by atoms with E-state index in [0.717, 1.165) is 27.6 Å². The van der Waals surface area contributed by atoms with Gasteiger partial charge in [0.15, 0.2) is 0 Å². The van der Waals surface area contributed by atoms with Crippen molar-refractivity contribution in [1.82, 2.24) is 4.90 Å². The summed E-state index contributed by atoms with van der Waals surface area (Å²) in [6, 6.07) is 22.1. The van der Waals surface area contributed by atoms with Gasteiger partial charge >= 0.3 is 0 Å². The Bertz CT molecular complexity index is 1060. The molecular weight excluding hydrogens is 374 g/mol. The summed E-state index contributed by atoms with van der Waals surface area (Å²) in [5, 5.41) is 2.15. The largest absolute Gasteiger partial charge is 0.488 e. The first-order chi connectivity index (χ1) is 13.1. The highest BCUT2D eigenvalue weighted by Gasteiger charge is 2.29. The molecule has 0 bridgehead atoms. The van der Waals surface area contributed by atoms with Crippen molar-refractivity contribution >= 4 is 51.1 Å². The Balaban J connectivity index is 1.76. The summed E-state index contributed by atoms with van der Waals surface area (Å²) in [5.74, 6) is 0.672. The number of rotatable bonds is 4. The maximum atomic E-state index is 12.5. The van der Waals surface area contributed by atoms with Crippen molar-refractivity contribution in [1.29, 1.82) is 0 Å². The van der Waals surface area contributed by atoms with Crippen LogP contribution in [0.5, 0.6) is 5.75 Å². The predicted octanol–water partition coefficient (Wildman–Crippen LogP) is 5.25. The molecule has 1 aliphatic heterocycles. The topological polar surface area (TPSA) is 29.5 Å². The van der Waals surface area contributed by atoms with Gasteiger partial charge in [0, 0.05) is 12.6 Å². The van der Waals surface area contributed by atoms with Gasteiger partial charge in [0.1, 0.15) is 16.7 Å². The van der Waals surface area contributed by atoms with Crippen LogP contribution in [0.1, 0.15) is 11.1 Å². The van der Waals surface area contributed by atoms with Gasteiger partial charge in [-0.2, -0.15) is 0 Å². The first kappa shape index (κ1) is 17.8. The van der Waals surface area contributed by atoms with Crippen LogP contribution < -0.4 is 4.74 Å². The van der Waals surface area contributed by atoms with Gasteiger partial charge in [0.05, 0.1) is 4.91 Å². The van der Waals surface area contributed by atoms with E-state index in [0.29, 0.717) is 15.8 Å². The minimum absolute atomic E-state index is 0.0769. The second-order valence-electron chi connectivity index (χ2n) is 6.21. The zero-order chi connectivity index (χ0) is 18.8. The Morgan fingerprint density at radius 3 is 2.52 bits per heavy atom. The molecule has 3 aromatic carbocycles. The Hall–Kier alpha value is -2.63. The second kappa shape index (κ2) is 7.55. The molecule has 0 spiro atoms. The van der Waals surface area contributed by atoms with Crippen LogP contribution in [0.15, 0.2) is 71.6 Å². The second-order valence-corrected chi connectivity index (χ2v) is 7.89. The van der Waals surface area contributed by atoms with Crippen LogP contribution in [-0.4, -0.2) is 22.2 Å². The third-order valence-electron chi connectivity index (χ3n) is 4.43. The third-order valence-corrected chi connectivity index (χ3v) is 5.91. The molecule has 27 heavy (non-hydrogen) atoms. The number of fused-ring (bicyclic) bond motifs is 1. The first-order valence-corrected chi connectivity index (χ1v) is 9.76. The first-order valence-electron chi connectivity index (χ1n) is 8.53. The van der Waals surface area contributed by atoms with Crippen LogP contribution in [-0.2, 0) is 11.4 Å². The van der Waals surface area contributed by atoms with Crippen molar-refractivity contribution in [2.45, 2.75) is 6.61 Å². The number of hydrogen-bond donors (Lipinski definition) is 0. The number of ether oxygens (including phenoxy) is 1. The van der Waals surface area contributed by atoms with Crippen LogP contribution in [0.4, 0.5) is 0 Å². The minimum Gasteiger partial charge on any atom is -0.488 e. The SMILES string of the molecule is CN1C(=O)/C(=C/c2c(OCc3ccccc3)ccc3ccccc23)SC1=S. The van der Waals surface area contributed by atoms with Crippen molar-refractivity contribution < 1.29 is 9.53 Å². The molecule has 3 aromatic rings. The van der Waals surface area contributed by atoms with Crippen LogP contribution in [0, 0.1) is 0 Å². The van der Waals surface area contributed by atoms with E-state index in [9.17, 15) is 4.79 Å². The highest BCUT2D eigenvalue weighted by atomic mass is 32.2. The number of benzene rings is 3. The highest BCUT2D eigenvalue weighted by molar-refractivity contribution is 8.26. The average molecular weight is 392 g/mol. The molecule has 0 atom stereocenters. The molecule has 1 amide bonds.